The molecule has 2 unspecified atom stereocenters. The summed E-state index contributed by atoms with van der Waals surface area (Å²) in [5, 5.41) is 0.998. The molecule has 0 saturated heterocycles. The van der Waals surface area contributed by atoms with Crippen molar-refractivity contribution < 1.29 is 0 Å². The Morgan fingerprint density at radius 3 is 1.39 bits per heavy atom. The molecule has 12 rings (SSSR count). The van der Waals surface area contributed by atoms with Gasteiger partial charge in [0.25, 0.3) is 0 Å². The van der Waals surface area contributed by atoms with Crippen LogP contribution in [0.4, 0.5) is 0 Å². The molecule has 0 bridgehead atoms. The Balaban J connectivity index is 0.985. The molecule has 2 atom stereocenters. The summed E-state index contributed by atoms with van der Waals surface area (Å²) in [4.78, 5) is 21.6. The van der Waals surface area contributed by atoms with E-state index in [1.165, 1.54) is 16.7 Å². The maximum absolute atomic E-state index is 5.52. The molecular weight excluding hydrogens is 849 g/mol. The SMILES string of the molecule is c1ccc(C2=NC(c3ccc(-c4nc(-c5ccc(-c6cc(-c7ccccc7)nc(-c7ccccc7)c6)cc5)nc5c(-c6ccccc6)cc(-c6ccccc6)cc45)cc3)CC(c3ccccc3)C2)cc1. The molecule has 0 N–H and O–H groups in total. The number of pyridine rings is 1. The lowest BCUT2D eigenvalue weighted by atomic mass is 9.81. The van der Waals surface area contributed by atoms with Crippen LogP contribution in [-0.2, 0) is 0 Å². The van der Waals surface area contributed by atoms with Crippen LogP contribution in [0.3, 0.4) is 0 Å². The van der Waals surface area contributed by atoms with E-state index in [1.54, 1.807) is 0 Å². The fourth-order valence-corrected chi connectivity index (χ4v) is 9.99. The Morgan fingerprint density at radius 2 is 0.800 bits per heavy atom. The van der Waals surface area contributed by atoms with Crippen LogP contribution in [-0.4, -0.2) is 20.7 Å². The standard InChI is InChI=1S/C66H48N4/c1-7-19-45(20-8-1)55-39-58(48-23-11-3-12-24-48)65-59(40-55)64(53-35-33-52(34-36-53)63-42-56(46-21-9-2-10-22-46)41-60(68-63)49-25-13-4-14-26-49)69-66(70-65)54-37-31-47(32-38-54)57-43-61(50-27-15-5-16-28-50)67-62(44-57)51-29-17-6-18-30-51/h1-40,43-44,56,63H,41-42H2. The van der Waals surface area contributed by atoms with Gasteiger partial charge in [0.15, 0.2) is 5.82 Å². The average Bonchev–Trinajstić information content (AvgIpc) is 3.46. The Kier molecular flexibility index (Phi) is 11.6. The maximum Gasteiger partial charge on any atom is 0.160 e. The van der Waals surface area contributed by atoms with Gasteiger partial charge in [-0.3, -0.25) is 4.99 Å². The minimum atomic E-state index is 0.0155. The van der Waals surface area contributed by atoms with Crippen LogP contribution in [0.1, 0.15) is 41.5 Å². The van der Waals surface area contributed by atoms with Gasteiger partial charge >= 0.3 is 0 Å². The van der Waals surface area contributed by atoms with Crippen LogP contribution in [0.15, 0.2) is 260 Å². The molecule has 0 fully saturated rings. The zero-order valence-electron chi connectivity index (χ0n) is 38.6. The summed E-state index contributed by atoms with van der Waals surface area (Å²) in [6, 6.07) is 90.3. The fraction of sp³-hybridized carbons (Fsp3) is 0.0606. The lowest BCUT2D eigenvalue weighted by molar-refractivity contribution is 0.530. The number of fused-ring (bicyclic) bond motifs is 1. The van der Waals surface area contributed by atoms with Gasteiger partial charge in [-0.25, -0.2) is 15.0 Å². The molecule has 1 aliphatic heterocycles. The highest BCUT2D eigenvalue weighted by molar-refractivity contribution is 6.05. The smallest absolute Gasteiger partial charge is 0.160 e. The third kappa shape index (κ3) is 8.75. The van der Waals surface area contributed by atoms with Crippen LogP contribution in [0.5, 0.6) is 0 Å². The van der Waals surface area contributed by atoms with E-state index in [9.17, 15) is 0 Å². The molecular formula is C66H48N4. The van der Waals surface area contributed by atoms with E-state index in [0.29, 0.717) is 11.7 Å². The highest BCUT2D eigenvalue weighted by Crippen LogP contribution is 2.42. The predicted octanol–water partition coefficient (Wildman–Crippen LogP) is 16.8. The monoisotopic (exact) mass is 896 g/mol. The van der Waals surface area contributed by atoms with Gasteiger partial charge in [-0.05, 0) is 87.5 Å². The molecule has 11 aromatic rings. The van der Waals surface area contributed by atoms with Crippen molar-refractivity contribution in [2.24, 2.45) is 4.99 Å². The summed E-state index contributed by atoms with van der Waals surface area (Å²) in [5.74, 6) is 1.03. The molecule has 9 aromatic carbocycles. The first kappa shape index (κ1) is 42.5. The van der Waals surface area contributed by atoms with E-state index in [-0.39, 0.29) is 6.04 Å². The van der Waals surface area contributed by atoms with Crippen molar-refractivity contribution in [1.29, 1.82) is 0 Å². The van der Waals surface area contributed by atoms with Gasteiger partial charge in [-0.2, -0.15) is 0 Å². The lowest BCUT2D eigenvalue weighted by Crippen LogP contribution is -2.18. The summed E-state index contributed by atoms with van der Waals surface area (Å²) < 4.78 is 0. The first-order valence-corrected chi connectivity index (χ1v) is 24.1. The number of hydrogen-bond donors (Lipinski definition) is 0. The maximum atomic E-state index is 5.52. The predicted molar refractivity (Wildman–Crippen MR) is 290 cm³/mol. The van der Waals surface area contributed by atoms with Crippen molar-refractivity contribution in [3.63, 3.8) is 0 Å². The van der Waals surface area contributed by atoms with Gasteiger partial charge in [-0.1, -0.05) is 231 Å². The highest BCUT2D eigenvalue weighted by atomic mass is 14.9. The van der Waals surface area contributed by atoms with Crippen LogP contribution in [0.2, 0.25) is 0 Å². The van der Waals surface area contributed by atoms with Crippen LogP contribution >= 0.6 is 0 Å². The molecule has 70 heavy (non-hydrogen) atoms. The second-order valence-electron chi connectivity index (χ2n) is 18.1. The van der Waals surface area contributed by atoms with E-state index in [0.717, 1.165) is 102 Å². The summed E-state index contributed by atoms with van der Waals surface area (Å²) in [5.41, 5.74) is 19.3. The van der Waals surface area contributed by atoms with Crippen molar-refractivity contribution in [2.75, 3.05) is 0 Å². The molecule has 2 aromatic heterocycles. The molecule has 0 spiro atoms. The average molecular weight is 897 g/mol. The zero-order valence-corrected chi connectivity index (χ0v) is 38.6. The van der Waals surface area contributed by atoms with Gasteiger partial charge in [0.1, 0.15) is 0 Å². The Hall–Kier alpha value is -8.86. The van der Waals surface area contributed by atoms with Crippen molar-refractivity contribution >= 4 is 16.6 Å². The van der Waals surface area contributed by atoms with Crippen LogP contribution < -0.4 is 0 Å². The number of hydrogen-bond acceptors (Lipinski definition) is 4. The molecule has 0 radical (unpaired) electrons. The van der Waals surface area contributed by atoms with E-state index >= 15 is 0 Å². The molecule has 0 saturated carbocycles. The van der Waals surface area contributed by atoms with Gasteiger partial charge < -0.3 is 0 Å². The number of nitrogens with zero attached hydrogens (tertiary/aromatic N) is 4. The van der Waals surface area contributed by atoms with Gasteiger partial charge in [0.05, 0.1) is 28.6 Å². The summed E-state index contributed by atoms with van der Waals surface area (Å²) >= 11 is 0. The summed E-state index contributed by atoms with van der Waals surface area (Å²) in [6.45, 7) is 0. The second-order valence-corrected chi connectivity index (χ2v) is 18.1. The molecule has 4 heteroatoms. The van der Waals surface area contributed by atoms with Gasteiger partial charge in [0, 0.05) is 38.9 Å². The van der Waals surface area contributed by atoms with E-state index in [1.807, 2.05) is 12.1 Å². The third-order valence-corrected chi connectivity index (χ3v) is 13.6. The Morgan fingerprint density at radius 1 is 0.329 bits per heavy atom. The van der Waals surface area contributed by atoms with Crippen LogP contribution in [0.25, 0.3) is 89.4 Å². The molecule has 4 nitrogen and oxygen atoms in total. The van der Waals surface area contributed by atoms with Gasteiger partial charge in [-0.15, -0.1) is 0 Å². The van der Waals surface area contributed by atoms with Gasteiger partial charge in [0.2, 0.25) is 0 Å². The number of aliphatic imine (C=N–C) groups is 1. The fourth-order valence-electron chi connectivity index (χ4n) is 9.99. The highest BCUT2D eigenvalue weighted by Gasteiger charge is 2.27. The summed E-state index contributed by atoms with van der Waals surface area (Å²) in [6.07, 6.45) is 1.86. The Bertz CT molecular complexity index is 3540. The van der Waals surface area contributed by atoms with Crippen molar-refractivity contribution in [2.45, 2.75) is 24.8 Å². The van der Waals surface area contributed by atoms with Crippen molar-refractivity contribution in [1.82, 2.24) is 15.0 Å². The van der Waals surface area contributed by atoms with Crippen molar-refractivity contribution in [3.05, 3.63) is 271 Å². The zero-order chi connectivity index (χ0) is 46.6. The second kappa shape index (κ2) is 19.0. The van der Waals surface area contributed by atoms with Crippen molar-refractivity contribution in [3.8, 4) is 78.5 Å². The minimum Gasteiger partial charge on any atom is -0.281 e. The van der Waals surface area contributed by atoms with Crippen LogP contribution in [0, 0.1) is 0 Å². The normalized spacial score (nSPS) is 14.5. The Labute approximate surface area is 409 Å². The first-order valence-electron chi connectivity index (χ1n) is 24.1. The molecule has 0 amide bonds. The number of rotatable bonds is 10. The minimum absolute atomic E-state index is 0.0155. The largest absolute Gasteiger partial charge is 0.281 e. The first-order chi connectivity index (χ1) is 34.7. The quantitative estimate of drug-likeness (QED) is 0.137. The molecule has 3 heterocycles. The number of aromatic nitrogens is 3. The lowest BCUT2D eigenvalue weighted by Gasteiger charge is -2.29. The van der Waals surface area contributed by atoms with E-state index in [4.69, 9.17) is 19.9 Å². The number of benzene rings is 9. The molecule has 0 aliphatic carbocycles. The van der Waals surface area contributed by atoms with E-state index < -0.39 is 0 Å². The topological polar surface area (TPSA) is 51.0 Å². The van der Waals surface area contributed by atoms with E-state index in [2.05, 4.69) is 243 Å². The summed E-state index contributed by atoms with van der Waals surface area (Å²) in [7, 11) is 0. The third-order valence-electron chi connectivity index (χ3n) is 13.6. The molecule has 332 valence electrons. The molecule has 1 aliphatic rings.